The van der Waals surface area contributed by atoms with Crippen LogP contribution in [0.15, 0.2) is 72.8 Å². The molecule has 3 aromatic rings. The van der Waals surface area contributed by atoms with Crippen LogP contribution >= 0.6 is 0 Å². The zero-order valence-electron chi connectivity index (χ0n) is 22.0. The number of aliphatic carboxylic acids is 1. The third-order valence-electron chi connectivity index (χ3n) is 7.39. The van der Waals surface area contributed by atoms with Crippen LogP contribution in [0.4, 0.5) is 4.79 Å². The Labute approximate surface area is 227 Å². The highest BCUT2D eigenvalue weighted by atomic mass is 16.7. The summed E-state index contributed by atoms with van der Waals surface area (Å²) in [5.41, 5.74) is -0.0146. The van der Waals surface area contributed by atoms with E-state index in [2.05, 4.69) is 5.32 Å². The zero-order chi connectivity index (χ0) is 27.5. The Morgan fingerprint density at radius 3 is 2.44 bits per heavy atom. The summed E-state index contributed by atoms with van der Waals surface area (Å²) < 4.78 is 22.8. The van der Waals surface area contributed by atoms with E-state index in [0.29, 0.717) is 43.2 Å². The van der Waals surface area contributed by atoms with E-state index in [1.54, 1.807) is 43.1 Å². The van der Waals surface area contributed by atoms with Gasteiger partial charge in [0, 0.05) is 26.4 Å². The van der Waals surface area contributed by atoms with Crippen molar-refractivity contribution >= 4 is 12.0 Å². The lowest BCUT2D eigenvalue weighted by molar-refractivity contribution is -0.153. The van der Waals surface area contributed by atoms with Crippen molar-refractivity contribution in [2.75, 3.05) is 27.0 Å². The number of amides is 2. The smallest absolute Gasteiger partial charge is 0.348 e. The van der Waals surface area contributed by atoms with Gasteiger partial charge in [-0.15, -0.1) is 0 Å². The molecule has 1 fully saturated rings. The summed E-state index contributed by atoms with van der Waals surface area (Å²) in [7, 11) is 1.81. The highest BCUT2D eigenvalue weighted by Gasteiger charge is 2.43. The van der Waals surface area contributed by atoms with Crippen LogP contribution in [-0.4, -0.2) is 60.1 Å². The number of carbonyl (C=O) groups is 2. The summed E-state index contributed by atoms with van der Waals surface area (Å²) in [6.45, 7) is 2.69. The molecule has 9 nitrogen and oxygen atoms in total. The maximum atomic E-state index is 12.4. The van der Waals surface area contributed by atoms with Crippen LogP contribution in [-0.2, 0) is 17.6 Å². The van der Waals surface area contributed by atoms with E-state index in [1.807, 2.05) is 48.5 Å². The number of hydrogen-bond acceptors (Lipinski definition) is 6. The quantitative estimate of drug-likeness (QED) is 0.380. The van der Waals surface area contributed by atoms with Gasteiger partial charge in [0.15, 0.2) is 11.5 Å². The molecule has 2 atom stereocenters. The first kappa shape index (κ1) is 26.2. The lowest BCUT2D eigenvalue weighted by atomic mass is 9.87. The third-order valence-corrected chi connectivity index (χ3v) is 7.39. The van der Waals surface area contributed by atoms with E-state index in [0.717, 1.165) is 16.9 Å². The molecule has 204 valence electrons. The summed E-state index contributed by atoms with van der Waals surface area (Å²) in [5, 5.41) is 12.8. The van der Waals surface area contributed by atoms with Gasteiger partial charge in [-0.25, -0.2) is 9.59 Å². The average molecular weight is 533 g/mol. The molecule has 2 heterocycles. The second kappa shape index (κ2) is 10.8. The van der Waals surface area contributed by atoms with Crippen molar-refractivity contribution in [3.8, 4) is 23.0 Å². The van der Waals surface area contributed by atoms with Gasteiger partial charge in [-0.2, -0.15) is 0 Å². The molecule has 2 amide bonds. The lowest BCUT2D eigenvalue weighted by Gasteiger charge is -2.35. The molecule has 2 aliphatic heterocycles. The summed E-state index contributed by atoms with van der Waals surface area (Å²) in [6, 6.07) is 22.0. The molecule has 39 heavy (non-hydrogen) atoms. The van der Waals surface area contributed by atoms with Crippen LogP contribution in [0.1, 0.15) is 24.5 Å². The normalized spacial score (nSPS) is 19.3. The van der Waals surface area contributed by atoms with Gasteiger partial charge in [-0.1, -0.05) is 36.4 Å². The first-order chi connectivity index (χ1) is 18.8. The van der Waals surface area contributed by atoms with E-state index < -0.39 is 17.1 Å². The van der Waals surface area contributed by atoms with E-state index >= 15 is 0 Å². The first-order valence-electron chi connectivity index (χ1n) is 12.9. The lowest BCUT2D eigenvalue weighted by Crippen LogP contribution is -2.47. The van der Waals surface area contributed by atoms with Crippen molar-refractivity contribution in [1.29, 1.82) is 0 Å². The largest absolute Gasteiger partial charge is 0.494 e. The SMILES string of the molecule is CN1C(=O)NCC1(CCOc1ccc(CC(C)(Oc2ccccc2)C(=O)O)cc1)Cc1ccc2c(c1)OCO2. The molecule has 9 heteroatoms. The van der Waals surface area contributed by atoms with E-state index in [9.17, 15) is 14.7 Å². The van der Waals surface area contributed by atoms with Crippen molar-refractivity contribution in [1.82, 2.24) is 10.2 Å². The number of urea groups is 1. The summed E-state index contributed by atoms with van der Waals surface area (Å²) in [4.78, 5) is 26.2. The van der Waals surface area contributed by atoms with Gasteiger partial charge in [-0.3, -0.25) is 0 Å². The second-order valence-corrected chi connectivity index (χ2v) is 10.2. The van der Waals surface area contributed by atoms with Gasteiger partial charge in [0.25, 0.3) is 0 Å². The van der Waals surface area contributed by atoms with Crippen LogP contribution < -0.4 is 24.3 Å². The number of likely N-dealkylation sites (N-methyl/N-ethyl adjacent to an activating group) is 1. The Morgan fingerprint density at radius 2 is 1.74 bits per heavy atom. The molecule has 2 N–H and O–H groups in total. The highest BCUT2D eigenvalue weighted by molar-refractivity contribution is 5.78. The van der Waals surface area contributed by atoms with Crippen molar-refractivity contribution < 1.29 is 33.6 Å². The van der Waals surface area contributed by atoms with Crippen LogP contribution in [0.5, 0.6) is 23.0 Å². The molecule has 0 aliphatic carbocycles. The van der Waals surface area contributed by atoms with Gasteiger partial charge in [-0.05, 0) is 60.9 Å². The third kappa shape index (κ3) is 5.72. The maximum absolute atomic E-state index is 12.4. The Hall–Kier alpha value is -4.40. The number of hydrogen-bond donors (Lipinski definition) is 2. The summed E-state index contributed by atoms with van der Waals surface area (Å²) in [6.07, 6.45) is 1.44. The Bertz CT molecular complexity index is 1330. The van der Waals surface area contributed by atoms with Crippen LogP contribution in [0.25, 0.3) is 0 Å². The fourth-order valence-electron chi connectivity index (χ4n) is 5.01. The second-order valence-electron chi connectivity index (χ2n) is 10.2. The molecule has 0 spiro atoms. The number of carboxylic acids is 1. The monoisotopic (exact) mass is 532 g/mol. The van der Waals surface area contributed by atoms with Gasteiger partial charge in [0.1, 0.15) is 11.5 Å². The number of carboxylic acid groups (broad SMARTS) is 1. The predicted octanol–water partition coefficient (Wildman–Crippen LogP) is 4.29. The Balaban J connectivity index is 1.21. The molecule has 5 rings (SSSR count). The summed E-state index contributed by atoms with van der Waals surface area (Å²) >= 11 is 0. The fraction of sp³-hybridized carbons (Fsp3) is 0.333. The predicted molar refractivity (Wildman–Crippen MR) is 144 cm³/mol. The topological polar surface area (TPSA) is 107 Å². The number of fused-ring (bicyclic) bond motifs is 1. The Morgan fingerprint density at radius 1 is 1.03 bits per heavy atom. The number of nitrogens with zero attached hydrogens (tertiary/aromatic N) is 1. The van der Waals surface area contributed by atoms with Gasteiger partial charge in [0.2, 0.25) is 12.4 Å². The fourth-order valence-corrected chi connectivity index (χ4v) is 5.01. The number of benzene rings is 3. The van der Waals surface area contributed by atoms with Gasteiger partial charge >= 0.3 is 12.0 Å². The highest BCUT2D eigenvalue weighted by Crippen LogP contribution is 2.35. The average Bonchev–Trinajstić information content (AvgIpc) is 3.50. The summed E-state index contributed by atoms with van der Waals surface area (Å²) in [5.74, 6) is 1.57. The zero-order valence-corrected chi connectivity index (χ0v) is 22.0. The maximum Gasteiger partial charge on any atom is 0.348 e. The molecule has 0 radical (unpaired) electrons. The van der Waals surface area contributed by atoms with Gasteiger partial charge < -0.3 is 34.3 Å². The van der Waals surface area contributed by atoms with E-state index in [4.69, 9.17) is 18.9 Å². The Kier molecular flexibility index (Phi) is 7.24. The number of nitrogens with one attached hydrogen (secondary N) is 1. The molecule has 2 aliphatic rings. The minimum atomic E-state index is -1.42. The number of ether oxygens (including phenoxy) is 4. The first-order valence-corrected chi connectivity index (χ1v) is 12.9. The molecule has 0 bridgehead atoms. The number of para-hydroxylation sites is 1. The minimum absolute atomic E-state index is 0.112. The van der Waals surface area contributed by atoms with E-state index in [1.165, 1.54) is 0 Å². The standard InChI is InChI=1S/C30H32N2O7/c1-29(27(33)34,39-24-6-4-3-5-7-24)17-21-8-11-23(12-9-21)36-15-14-30(19-31-28(35)32(30)2)18-22-10-13-25-26(16-22)38-20-37-25/h3-13,16H,14-15,17-20H2,1-2H3,(H,31,35)(H,33,34). The van der Waals surface area contributed by atoms with Crippen LogP contribution in [0, 0.1) is 0 Å². The van der Waals surface area contributed by atoms with Crippen molar-refractivity contribution in [3.63, 3.8) is 0 Å². The molecule has 3 aromatic carbocycles. The number of carbonyl (C=O) groups excluding carboxylic acids is 1. The van der Waals surface area contributed by atoms with Crippen molar-refractivity contribution in [2.45, 2.75) is 37.3 Å². The van der Waals surface area contributed by atoms with Crippen molar-refractivity contribution in [3.05, 3.63) is 83.9 Å². The van der Waals surface area contributed by atoms with Crippen LogP contribution in [0.3, 0.4) is 0 Å². The molecule has 0 saturated carbocycles. The number of rotatable bonds is 11. The van der Waals surface area contributed by atoms with E-state index in [-0.39, 0.29) is 19.2 Å². The van der Waals surface area contributed by atoms with Crippen LogP contribution in [0.2, 0.25) is 0 Å². The molecular formula is C30H32N2O7. The molecule has 1 saturated heterocycles. The minimum Gasteiger partial charge on any atom is -0.494 e. The van der Waals surface area contributed by atoms with Gasteiger partial charge in [0.05, 0.1) is 12.1 Å². The molecular weight excluding hydrogens is 500 g/mol. The molecule has 2 unspecified atom stereocenters. The molecule has 0 aromatic heterocycles. The van der Waals surface area contributed by atoms with Crippen molar-refractivity contribution in [2.24, 2.45) is 0 Å².